The Morgan fingerprint density at radius 2 is 1.65 bits per heavy atom. The average Bonchev–Trinajstić information content (AvgIpc) is 3.25. The summed E-state index contributed by atoms with van der Waals surface area (Å²) in [7, 11) is 1.25. The fraction of sp³-hybridized carbons (Fsp3) is 0.457. The van der Waals surface area contributed by atoms with E-state index < -0.39 is 28.7 Å². The summed E-state index contributed by atoms with van der Waals surface area (Å²) >= 11 is 0. The van der Waals surface area contributed by atoms with Gasteiger partial charge >= 0.3 is 12.1 Å². The molecule has 1 heterocycles. The molecule has 0 aliphatic carbocycles. The zero-order valence-electron chi connectivity index (χ0n) is 26.7. The summed E-state index contributed by atoms with van der Waals surface area (Å²) in [5.41, 5.74) is -0.439. The third-order valence-corrected chi connectivity index (χ3v) is 7.13. The Morgan fingerprint density at radius 3 is 2.21 bits per heavy atom. The molecule has 1 amide bonds. The average molecular weight is 591 g/mol. The van der Waals surface area contributed by atoms with Crippen LogP contribution in [0.4, 0.5) is 4.79 Å². The lowest BCUT2D eigenvalue weighted by molar-refractivity contribution is -0.148. The number of hydrogen-bond donors (Lipinski definition) is 2. The van der Waals surface area contributed by atoms with Gasteiger partial charge in [-0.05, 0) is 76.6 Å². The molecule has 0 bridgehead atoms. The molecule has 8 nitrogen and oxygen atoms in total. The minimum absolute atomic E-state index is 0.0704. The van der Waals surface area contributed by atoms with Crippen molar-refractivity contribution in [1.29, 1.82) is 0 Å². The number of ether oxygens (including phenoxy) is 3. The number of methoxy groups -OCH3 is 1. The Morgan fingerprint density at radius 1 is 1.00 bits per heavy atom. The summed E-state index contributed by atoms with van der Waals surface area (Å²) in [4.78, 5) is 41.1. The second kappa shape index (κ2) is 13.9. The molecule has 0 saturated carbocycles. The van der Waals surface area contributed by atoms with Crippen LogP contribution in [0.25, 0.3) is 0 Å². The number of benzene rings is 2. The van der Waals surface area contributed by atoms with Crippen LogP contribution in [0, 0.1) is 5.92 Å². The van der Waals surface area contributed by atoms with Crippen molar-refractivity contribution >= 4 is 17.8 Å². The molecule has 8 heteroatoms. The quantitative estimate of drug-likeness (QED) is 0.217. The van der Waals surface area contributed by atoms with Crippen LogP contribution in [0.1, 0.15) is 72.4 Å². The Bertz CT molecular complexity index is 1340. The zero-order chi connectivity index (χ0) is 31.8. The number of carbonyl (C=O) groups excluding carboxylic acids is 3. The first kappa shape index (κ1) is 33.4. The van der Waals surface area contributed by atoms with Crippen LogP contribution < -0.4 is 15.4 Å². The largest absolute Gasteiger partial charge is 0.489 e. The first-order chi connectivity index (χ1) is 20.2. The smallest absolute Gasteiger partial charge is 0.408 e. The molecule has 1 aliphatic rings. The second-order valence-corrected chi connectivity index (χ2v) is 12.8. The van der Waals surface area contributed by atoms with E-state index in [2.05, 4.69) is 10.6 Å². The number of alkyl carbamates (subject to hydrolysis) is 1. The van der Waals surface area contributed by atoms with Crippen molar-refractivity contribution in [2.75, 3.05) is 7.11 Å². The van der Waals surface area contributed by atoms with Crippen LogP contribution in [0.3, 0.4) is 0 Å². The van der Waals surface area contributed by atoms with Crippen LogP contribution in [-0.4, -0.2) is 41.6 Å². The third kappa shape index (κ3) is 8.72. The molecule has 0 aromatic heterocycles. The number of carbonyl (C=O) groups is 3. The Hall–Kier alpha value is -4.07. The molecule has 0 unspecified atom stereocenters. The molecule has 3 rings (SSSR count). The lowest BCUT2D eigenvalue weighted by atomic mass is 9.75. The predicted molar refractivity (Wildman–Crippen MR) is 167 cm³/mol. The van der Waals surface area contributed by atoms with Crippen LogP contribution in [0.5, 0.6) is 5.75 Å². The standard InChI is InChI=1S/C35H46N2O6/c1-24(2)18-19-34(21-26-14-16-28(17-15-26)42-23-27-12-10-9-11-13-27)30(38)29(22-36-34)35(20-25(3)4,31(39)41-8)37-32(40)43-33(5,6)7/h9-18,22,25,36H,19-21,23H2,1-8H3,(H,37,40)/t34-,35-/m1/s1. The van der Waals surface area contributed by atoms with Crippen molar-refractivity contribution in [3.63, 3.8) is 0 Å². The number of amides is 1. The summed E-state index contributed by atoms with van der Waals surface area (Å²) in [5.74, 6) is -0.361. The van der Waals surface area contributed by atoms with Gasteiger partial charge in [-0.3, -0.25) is 4.79 Å². The van der Waals surface area contributed by atoms with Gasteiger partial charge in [0, 0.05) is 12.6 Å². The fourth-order valence-corrected chi connectivity index (χ4v) is 5.18. The Labute approximate surface area is 255 Å². The van der Waals surface area contributed by atoms with Crippen molar-refractivity contribution < 1.29 is 28.6 Å². The first-order valence-electron chi connectivity index (χ1n) is 14.7. The van der Waals surface area contributed by atoms with E-state index in [1.807, 2.05) is 88.4 Å². The van der Waals surface area contributed by atoms with E-state index in [0.717, 1.165) is 22.4 Å². The second-order valence-electron chi connectivity index (χ2n) is 12.8. The highest BCUT2D eigenvalue weighted by molar-refractivity contribution is 6.12. The van der Waals surface area contributed by atoms with E-state index in [0.29, 0.717) is 19.4 Å². The molecule has 0 fully saturated rings. The summed E-state index contributed by atoms with van der Waals surface area (Å²) in [6, 6.07) is 17.6. The maximum Gasteiger partial charge on any atom is 0.408 e. The van der Waals surface area contributed by atoms with Gasteiger partial charge < -0.3 is 24.8 Å². The fourth-order valence-electron chi connectivity index (χ4n) is 5.18. The van der Waals surface area contributed by atoms with E-state index in [1.165, 1.54) is 7.11 Å². The highest BCUT2D eigenvalue weighted by Crippen LogP contribution is 2.37. The molecule has 0 saturated heterocycles. The number of nitrogens with one attached hydrogen (secondary N) is 2. The maximum absolute atomic E-state index is 14.5. The number of esters is 1. The van der Waals surface area contributed by atoms with Gasteiger partial charge in [-0.1, -0.05) is 68.0 Å². The van der Waals surface area contributed by atoms with Gasteiger partial charge in [0.05, 0.1) is 12.7 Å². The van der Waals surface area contributed by atoms with Crippen molar-refractivity contribution in [2.45, 2.75) is 91.0 Å². The lowest BCUT2D eigenvalue weighted by Crippen LogP contribution is -2.60. The van der Waals surface area contributed by atoms with Gasteiger partial charge in [0.25, 0.3) is 0 Å². The van der Waals surface area contributed by atoms with E-state index in [1.54, 1.807) is 27.0 Å². The van der Waals surface area contributed by atoms with Gasteiger partial charge in [-0.25, -0.2) is 9.59 Å². The highest BCUT2D eigenvalue weighted by Gasteiger charge is 2.55. The maximum atomic E-state index is 14.5. The molecular weight excluding hydrogens is 544 g/mol. The minimum Gasteiger partial charge on any atom is -0.489 e. The van der Waals surface area contributed by atoms with E-state index in [4.69, 9.17) is 14.2 Å². The molecule has 0 radical (unpaired) electrons. The van der Waals surface area contributed by atoms with Crippen molar-refractivity contribution in [3.05, 3.63) is 89.1 Å². The topological polar surface area (TPSA) is 103 Å². The van der Waals surface area contributed by atoms with Crippen LogP contribution in [0.2, 0.25) is 0 Å². The van der Waals surface area contributed by atoms with Crippen molar-refractivity contribution in [2.24, 2.45) is 5.92 Å². The van der Waals surface area contributed by atoms with Crippen LogP contribution >= 0.6 is 0 Å². The number of Topliss-reactive ketones (excluding diaryl/α,β-unsaturated/α-hetero) is 1. The third-order valence-electron chi connectivity index (χ3n) is 7.13. The SMILES string of the molecule is COC(=O)[C@](CC(C)C)(NC(=O)OC(C)(C)C)C1=CN[C@](CC=C(C)C)(Cc2ccc(OCc3ccccc3)cc2)C1=O. The normalized spacial score (nSPS) is 17.8. The molecule has 2 atom stereocenters. The zero-order valence-corrected chi connectivity index (χ0v) is 26.7. The summed E-state index contributed by atoms with van der Waals surface area (Å²) in [5, 5.41) is 6.07. The van der Waals surface area contributed by atoms with Gasteiger partial charge in [0.15, 0.2) is 11.3 Å². The van der Waals surface area contributed by atoms with Gasteiger partial charge in [0.1, 0.15) is 23.5 Å². The number of rotatable bonds is 12. The highest BCUT2D eigenvalue weighted by atomic mass is 16.6. The van der Waals surface area contributed by atoms with E-state index in [9.17, 15) is 14.4 Å². The molecule has 43 heavy (non-hydrogen) atoms. The van der Waals surface area contributed by atoms with Gasteiger partial charge in [-0.15, -0.1) is 0 Å². The molecule has 232 valence electrons. The molecule has 2 aromatic rings. The van der Waals surface area contributed by atoms with Crippen LogP contribution in [-0.2, 0) is 32.1 Å². The summed E-state index contributed by atoms with van der Waals surface area (Å²) < 4.78 is 16.7. The Balaban J connectivity index is 1.94. The van der Waals surface area contributed by atoms with Crippen LogP contribution in [0.15, 0.2) is 78.0 Å². The number of ketones is 1. The number of allylic oxidation sites excluding steroid dienone is 1. The Kier molecular flexibility index (Phi) is 10.8. The molecular formula is C35H46N2O6. The van der Waals surface area contributed by atoms with Crippen molar-refractivity contribution in [3.8, 4) is 5.75 Å². The number of hydrogen-bond acceptors (Lipinski definition) is 7. The molecule has 0 spiro atoms. The molecule has 2 N–H and O–H groups in total. The van der Waals surface area contributed by atoms with Gasteiger partial charge in [-0.2, -0.15) is 0 Å². The van der Waals surface area contributed by atoms with Crippen molar-refractivity contribution in [1.82, 2.24) is 10.6 Å². The van der Waals surface area contributed by atoms with E-state index in [-0.39, 0.29) is 23.7 Å². The first-order valence-corrected chi connectivity index (χ1v) is 14.7. The van der Waals surface area contributed by atoms with Gasteiger partial charge in [0.2, 0.25) is 0 Å². The van der Waals surface area contributed by atoms with E-state index >= 15 is 0 Å². The lowest BCUT2D eigenvalue weighted by Gasteiger charge is -2.36. The molecule has 2 aromatic carbocycles. The molecule has 1 aliphatic heterocycles. The summed E-state index contributed by atoms with van der Waals surface area (Å²) in [6.07, 6.45) is 3.63. The minimum atomic E-state index is -1.74. The summed E-state index contributed by atoms with van der Waals surface area (Å²) in [6.45, 7) is 13.4. The monoisotopic (exact) mass is 590 g/mol. The predicted octanol–water partition coefficient (Wildman–Crippen LogP) is 6.44.